The Morgan fingerprint density at radius 1 is 1.03 bits per heavy atom. The molecule has 0 aliphatic carbocycles. The molecular formula is C22H20N4O4. The molecule has 0 atom stereocenters. The van der Waals surface area contributed by atoms with Gasteiger partial charge in [0.2, 0.25) is 0 Å². The lowest BCUT2D eigenvalue weighted by atomic mass is 10.1. The van der Waals surface area contributed by atoms with Crippen molar-refractivity contribution in [2.45, 2.75) is 0 Å². The molecule has 0 bridgehead atoms. The van der Waals surface area contributed by atoms with E-state index < -0.39 is 5.97 Å². The molecule has 30 heavy (non-hydrogen) atoms. The number of anilines is 2. The van der Waals surface area contributed by atoms with Crippen molar-refractivity contribution in [3.8, 4) is 22.8 Å². The lowest BCUT2D eigenvalue weighted by Gasteiger charge is -2.13. The van der Waals surface area contributed by atoms with Crippen LogP contribution in [0.15, 0.2) is 61.1 Å². The van der Waals surface area contributed by atoms with Crippen LogP contribution in [0.1, 0.15) is 10.4 Å². The first kappa shape index (κ1) is 19.3. The first-order chi connectivity index (χ1) is 14.7. The highest BCUT2D eigenvalue weighted by atomic mass is 16.5. The topological polar surface area (TPSA) is 87.0 Å². The second kappa shape index (κ2) is 8.12. The molecular weight excluding hydrogens is 384 g/mol. The number of carbonyl (C=O) groups is 1. The van der Waals surface area contributed by atoms with Gasteiger partial charge in [-0.05, 0) is 30.3 Å². The minimum absolute atomic E-state index is 0.419. The Kier molecular flexibility index (Phi) is 5.21. The first-order valence-electron chi connectivity index (χ1n) is 9.15. The average molecular weight is 404 g/mol. The van der Waals surface area contributed by atoms with Gasteiger partial charge in [-0.2, -0.15) is 0 Å². The molecule has 2 heterocycles. The van der Waals surface area contributed by atoms with E-state index in [-0.39, 0.29) is 0 Å². The van der Waals surface area contributed by atoms with Crippen LogP contribution in [0.25, 0.3) is 16.9 Å². The van der Waals surface area contributed by atoms with Crippen molar-refractivity contribution in [1.29, 1.82) is 0 Å². The number of hydrogen-bond acceptors (Lipinski definition) is 7. The average Bonchev–Trinajstić information content (AvgIpc) is 3.16. The third-order valence-corrected chi connectivity index (χ3v) is 4.67. The van der Waals surface area contributed by atoms with Crippen molar-refractivity contribution in [2.24, 2.45) is 0 Å². The van der Waals surface area contributed by atoms with E-state index in [1.54, 1.807) is 44.9 Å². The lowest BCUT2D eigenvalue weighted by molar-refractivity contribution is 0.0602. The van der Waals surface area contributed by atoms with E-state index in [0.717, 1.165) is 5.56 Å². The number of esters is 1. The normalized spacial score (nSPS) is 10.6. The van der Waals surface area contributed by atoms with Crippen LogP contribution in [0.5, 0.6) is 11.5 Å². The highest BCUT2D eigenvalue weighted by Crippen LogP contribution is 2.36. The highest BCUT2D eigenvalue weighted by molar-refractivity contribution is 5.97. The van der Waals surface area contributed by atoms with Crippen LogP contribution >= 0.6 is 0 Å². The largest absolute Gasteiger partial charge is 0.493 e. The van der Waals surface area contributed by atoms with Gasteiger partial charge in [-0.15, -0.1) is 0 Å². The lowest BCUT2D eigenvalue weighted by Crippen LogP contribution is -2.06. The minimum atomic E-state index is -0.429. The standard InChI is InChI=1S/C22H20N4O4/c1-28-17-9-8-14(12-18(17)29-2)20-21(26-11-10-23-13-19(26)25-20)24-16-7-5-4-6-15(16)22(27)30-3/h4-13,24H,1-3H3. The van der Waals surface area contributed by atoms with Gasteiger partial charge in [0.25, 0.3) is 0 Å². The predicted octanol–water partition coefficient (Wildman–Crippen LogP) is 3.94. The molecule has 8 heteroatoms. The Balaban J connectivity index is 1.88. The van der Waals surface area contributed by atoms with Crippen LogP contribution in [0.2, 0.25) is 0 Å². The minimum Gasteiger partial charge on any atom is -0.493 e. The van der Waals surface area contributed by atoms with Crippen LogP contribution in [0.4, 0.5) is 11.5 Å². The number of nitrogens with zero attached hydrogens (tertiary/aromatic N) is 3. The molecule has 0 amide bonds. The molecule has 4 aromatic rings. The van der Waals surface area contributed by atoms with Crippen LogP contribution in [-0.2, 0) is 4.74 Å². The Morgan fingerprint density at radius 3 is 2.60 bits per heavy atom. The summed E-state index contributed by atoms with van der Waals surface area (Å²) in [6, 6.07) is 12.7. The molecule has 8 nitrogen and oxygen atoms in total. The van der Waals surface area contributed by atoms with Crippen LogP contribution in [0, 0.1) is 0 Å². The van der Waals surface area contributed by atoms with E-state index in [0.29, 0.717) is 39.9 Å². The number of methoxy groups -OCH3 is 3. The summed E-state index contributed by atoms with van der Waals surface area (Å²) in [5.74, 6) is 1.46. The maximum Gasteiger partial charge on any atom is 0.339 e. The molecule has 0 spiro atoms. The van der Waals surface area contributed by atoms with Crippen LogP contribution in [-0.4, -0.2) is 41.7 Å². The molecule has 0 fully saturated rings. The van der Waals surface area contributed by atoms with Gasteiger partial charge in [0.15, 0.2) is 17.1 Å². The quantitative estimate of drug-likeness (QED) is 0.487. The summed E-state index contributed by atoms with van der Waals surface area (Å²) in [4.78, 5) is 21.1. The number of carbonyl (C=O) groups excluding carboxylic acids is 1. The van der Waals surface area contributed by atoms with Crippen LogP contribution < -0.4 is 14.8 Å². The van der Waals surface area contributed by atoms with Crippen molar-refractivity contribution in [3.05, 3.63) is 66.6 Å². The summed E-state index contributed by atoms with van der Waals surface area (Å²) in [6.45, 7) is 0. The van der Waals surface area contributed by atoms with Crippen molar-refractivity contribution >= 4 is 23.1 Å². The monoisotopic (exact) mass is 404 g/mol. The van der Waals surface area contributed by atoms with Gasteiger partial charge < -0.3 is 19.5 Å². The zero-order valence-corrected chi connectivity index (χ0v) is 16.7. The Bertz CT molecular complexity index is 1220. The summed E-state index contributed by atoms with van der Waals surface area (Å²) < 4.78 is 17.6. The second-order valence-corrected chi connectivity index (χ2v) is 6.35. The summed E-state index contributed by atoms with van der Waals surface area (Å²) in [5.41, 5.74) is 3.16. The summed E-state index contributed by atoms with van der Waals surface area (Å²) >= 11 is 0. The number of nitrogens with one attached hydrogen (secondary N) is 1. The molecule has 2 aromatic heterocycles. The molecule has 0 radical (unpaired) electrons. The number of imidazole rings is 1. The van der Waals surface area contributed by atoms with E-state index in [1.165, 1.54) is 7.11 Å². The number of hydrogen-bond donors (Lipinski definition) is 1. The van der Waals surface area contributed by atoms with Gasteiger partial charge in [0, 0.05) is 18.0 Å². The van der Waals surface area contributed by atoms with E-state index >= 15 is 0 Å². The molecule has 1 N–H and O–H groups in total. The number of ether oxygens (including phenoxy) is 3. The van der Waals surface area contributed by atoms with Gasteiger partial charge in [-0.1, -0.05) is 12.1 Å². The number of rotatable bonds is 6. The number of fused-ring (bicyclic) bond motifs is 1. The molecule has 0 aliphatic heterocycles. The molecule has 0 aliphatic rings. The molecule has 0 saturated heterocycles. The van der Waals surface area contributed by atoms with Gasteiger partial charge in [-0.25, -0.2) is 9.78 Å². The zero-order chi connectivity index (χ0) is 21.1. The Morgan fingerprint density at radius 2 is 1.83 bits per heavy atom. The van der Waals surface area contributed by atoms with Gasteiger partial charge in [-0.3, -0.25) is 9.38 Å². The summed E-state index contributed by atoms with van der Waals surface area (Å²) in [7, 11) is 4.53. The van der Waals surface area contributed by atoms with Crippen molar-refractivity contribution in [3.63, 3.8) is 0 Å². The van der Waals surface area contributed by atoms with Crippen molar-refractivity contribution in [2.75, 3.05) is 26.6 Å². The van der Waals surface area contributed by atoms with Gasteiger partial charge in [0.05, 0.1) is 38.8 Å². The smallest absolute Gasteiger partial charge is 0.339 e. The summed E-state index contributed by atoms with van der Waals surface area (Å²) in [5, 5.41) is 3.34. The number of aromatic nitrogens is 3. The fraction of sp³-hybridized carbons (Fsp3) is 0.136. The van der Waals surface area contributed by atoms with Gasteiger partial charge in [0.1, 0.15) is 11.5 Å². The van der Waals surface area contributed by atoms with Crippen molar-refractivity contribution < 1.29 is 19.0 Å². The predicted molar refractivity (Wildman–Crippen MR) is 113 cm³/mol. The summed E-state index contributed by atoms with van der Waals surface area (Å²) in [6.07, 6.45) is 5.14. The SMILES string of the molecule is COC(=O)c1ccccc1Nc1c(-c2ccc(OC)c(OC)c2)nc2cnccn12. The molecule has 0 saturated carbocycles. The second-order valence-electron chi connectivity index (χ2n) is 6.35. The maximum atomic E-state index is 12.2. The van der Waals surface area contributed by atoms with E-state index in [9.17, 15) is 4.79 Å². The number of benzene rings is 2. The fourth-order valence-electron chi connectivity index (χ4n) is 3.22. The van der Waals surface area contributed by atoms with Crippen LogP contribution in [0.3, 0.4) is 0 Å². The zero-order valence-electron chi connectivity index (χ0n) is 16.7. The molecule has 4 rings (SSSR count). The molecule has 0 unspecified atom stereocenters. The Hall–Kier alpha value is -4.07. The maximum absolute atomic E-state index is 12.2. The Labute approximate surface area is 173 Å². The fourth-order valence-corrected chi connectivity index (χ4v) is 3.22. The van der Waals surface area contributed by atoms with E-state index in [4.69, 9.17) is 19.2 Å². The molecule has 2 aromatic carbocycles. The van der Waals surface area contributed by atoms with E-state index in [1.807, 2.05) is 34.7 Å². The molecule has 152 valence electrons. The third kappa shape index (κ3) is 3.39. The van der Waals surface area contributed by atoms with E-state index in [2.05, 4.69) is 10.3 Å². The van der Waals surface area contributed by atoms with Crippen molar-refractivity contribution in [1.82, 2.24) is 14.4 Å². The first-order valence-corrected chi connectivity index (χ1v) is 9.15. The van der Waals surface area contributed by atoms with Gasteiger partial charge >= 0.3 is 5.97 Å². The number of para-hydroxylation sites is 1. The third-order valence-electron chi connectivity index (χ3n) is 4.67. The highest BCUT2D eigenvalue weighted by Gasteiger charge is 2.19.